The number of primary amides is 1. The molecule has 0 spiro atoms. The molecule has 0 aliphatic carbocycles. The number of nitrogens with two attached hydrogens (primary N) is 1. The Labute approximate surface area is 97.3 Å². The molecule has 1 rings (SSSR count). The van der Waals surface area contributed by atoms with Crippen molar-refractivity contribution in [1.29, 1.82) is 0 Å². The average molecular weight is 229 g/mol. The van der Waals surface area contributed by atoms with Crippen molar-refractivity contribution in [1.82, 2.24) is 10.2 Å². The molecule has 1 fully saturated rings. The largest absolute Gasteiger partial charge is 0.379 e. The minimum absolute atomic E-state index is 0.258. The Balaban J connectivity index is 2.49. The first-order valence-electron chi connectivity index (χ1n) is 5.88. The van der Waals surface area contributed by atoms with Gasteiger partial charge >= 0.3 is 0 Å². The first-order valence-corrected chi connectivity index (χ1v) is 5.88. The Morgan fingerprint density at radius 3 is 2.81 bits per heavy atom. The smallest absolute Gasteiger partial charge is 0.235 e. The number of carbonyl (C=O) groups excluding carboxylic acids is 1. The summed E-state index contributed by atoms with van der Waals surface area (Å²) in [7, 11) is 0. The third kappa shape index (κ3) is 4.08. The Bertz CT molecular complexity index is 233. The van der Waals surface area contributed by atoms with Crippen LogP contribution in [0.4, 0.5) is 0 Å². The summed E-state index contributed by atoms with van der Waals surface area (Å²) in [5.41, 5.74) is 5.39. The zero-order valence-electron chi connectivity index (χ0n) is 10.4. The number of nitrogens with zero attached hydrogens (tertiary/aromatic N) is 1. The molecule has 5 heteroatoms. The number of hydrogen-bond acceptors (Lipinski definition) is 4. The summed E-state index contributed by atoms with van der Waals surface area (Å²) >= 11 is 0. The van der Waals surface area contributed by atoms with Gasteiger partial charge in [0, 0.05) is 25.2 Å². The van der Waals surface area contributed by atoms with E-state index < -0.39 is 0 Å². The molecular formula is C11H23N3O2. The highest BCUT2D eigenvalue weighted by molar-refractivity contribution is 5.80. The van der Waals surface area contributed by atoms with E-state index in [0.29, 0.717) is 12.6 Å². The SMILES string of the molecule is CC(C)NC(CN1CCOCC1C)C(N)=O. The van der Waals surface area contributed by atoms with Crippen LogP contribution in [0, 0.1) is 0 Å². The fourth-order valence-corrected chi connectivity index (χ4v) is 1.89. The number of rotatable bonds is 5. The normalized spacial score (nSPS) is 24.6. The Morgan fingerprint density at radius 2 is 2.31 bits per heavy atom. The molecule has 94 valence electrons. The van der Waals surface area contributed by atoms with Gasteiger partial charge in [0.2, 0.25) is 5.91 Å². The molecule has 2 atom stereocenters. The van der Waals surface area contributed by atoms with E-state index in [1.165, 1.54) is 0 Å². The molecule has 0 saturated carbocycles. The molecule has 0 bridgehead atoms. The van der Waals surface area contributed by atoms with Crippen molar-refractivity contribution >= 4 is 5.91 Å². The van der Waals surface area contributed by atoms with Crippen molar-refractivity contribution in [2.45, 2.75) is 38.9 Å². The van der Waals surface area contributed by atoms with Crippen molar-refractivity contribution in [3.8, 4) is 0 Å². The van der Waals surface area contributed by atoms with Crippen LogP contribution in [0.2, 0.25) is 0 Å². The van der Waals surface area contributed by atoms with Crippen LogP contribution >= 0.6 is 0 Å². The third-order valence-electron chi connectivity index (χ3n) is 2.80. The first-order chi connectivity index (χ1) is 7.50. The lowest BCUT2D eigenvalue weighted by molar-refractivity contribution is -0.121. The first kappa shape index (κ1) is 13.4. The van der Waals surface area contributed by atoms with Crippen LogP contribution in [0.15, 0.2) is 0 Å². The summed E-state index contributed by atoms with van der Waals surface area (Å²) in [6.45, 7) is 9.12. The second kappa shape index (κ2) is 6.18. The summed E-state index contributed by atoms with van der Waals surface area (Å²) < 4.78 is 5.36. The van der Waals surface area contributed by atoms with Crippen LogP contribution in [0.3, 0.4) is 0 Å². The second-order valence-electron chi connectivity index (χ2n) is 4.70. The topological polar surface area (TPSA) is 67.6 Å². The Hall–Kier alpha value is -0.650. The predicted molar refractivity (Wildman–Crippen MR) is 63.1 cm³/mol. The van der Waals surface area contributed by atoms with Gasteiger partial charge in [-0.3, -0.25) is 9.69 Å². The number of amides is 1. The highest BCUT2D eigenvalue weighted by atomic mass is 16.5. The van der Waals surface area contributed by atoms with Gasteiger partial charge in [-0.2, -0.15) is 0 Å². The molecule has 2 unspecified atom stereocenters. The number of nitrogens with one attached hydrogen (secondary N) is 1. The minimum atomic E-state index is -0.285. The van der Waals surface area contributed by atoms with E-state index in [1.54, 1.807) is 0 Å². The van der Waals surface area contributed by atoms with Gasteiger partial charge in [0.25, 0.3) is 0 Å². The third-order valence-corrected chi connectivity index (χ3v) is 2.80. The molecule has 0 radical (unpaired) electrons. The number of carbonyl (C=O) groups is 1. The molecule has 3 N–H and O–H groups in total. The van der Waals surface area contributed by atoms with E-state index in [9.17, 15) is 4.79 Å². The highest BCUT2D eigenvalue weighted by Gasteiger charge is 2.25. The quantitative estimate of drug-likeness (QED) is 0.670. The maximum Gasteiger partial charge on any atom is 0.235 e. The van der Waals surface area contributed by atoms with Gasteiger partial charge in [-0.25, -0.2) is 0 Å². The van der Waals surface area contributed by atoms with E-state index in [4.69, 9.17) is 10.5 Å². The molecule has 5 nitrogen and oxygen atoms in total. The summed E-state index contributed by atoms with van der Waals surface area (Å²) in [5, 5.41) is 3.19. The molecule has 1 saturated heterocycles. The van der Waals surface area contributed by atoms with Crippen LogP contribution in [0.5, 0.6) is 0 Å². The van der Waals surface area contributed by atoms with Crippen LogP contribution < -0.4 is 11.1 Å². The van der Waals surface area contributed by atoms with E-state index in [0.717, 1.165) is 19.8 Å². The molecule has 0 aromatic heterocycles. The monoisotopic (exact) mass is 229 g/mol. The number of hydrogen-bond donors (Lipinski definition) is 2. The summed E-state index contributed by atoms with van der Waals surface area (Å²) in [6, 6.07) is 0.332. The van der Waals surface area contributed by atoms with E-state index in [-0.39, 0.29) is 18.0 Å². The van der Waals surface area contributed by atoms with E-state index >= 15 is 0 Å². The lowest BCUT2D eigenvalue weighted by atomic mass is 10.1. The van der Waals surface area contributed by atoms with Gasteiger partial charge in [-0.1, -0.05) is 13.8 Å². The lowest BCUT2D eigenvalue weighted by Crippen LogP contribution is -2.55. The van der Waals surface area contributed by atoms with Crippen molar-refractivity contribution < 1.29 is 9.53 Å². The van der Waals surface area contributed by atoms with Gasteiger partial charge < -0.3 is 15.8 Å². The van der Waals surface area contributed by atoms with Gasteiger partial charge in [0.05, 0.1) is 19.3 Å². The van der Waals surface area contributed by atoms with Crippen LogP contribution in [-0.4, -0.2) is 55.2 Å². The van der Waals surface area contributed by atoms with Gasteiger partial charge in [0.1, 0.15) is 0 Å². The zero-order chi connectivity index (χ0) is 12.1. The van der Waals surface area contributed by atoms with Crippen molar-refractivity contribution in [3.63, 3.8) is 0 Å². The van der Waals surface area contributed by atoms with Crippen LogP contribution in [-0.2, 0) is 9.53 Å². The maximum atomic E-state index is 11.3. The van der Waals surface area contributed by atoms with E-state index in [1.807, 2.05) is 13.8 Å². The summed E-state index contributed by atoms with van der Waals surface area (Å²) in [6.07, 6.45) is 0. The maximum absolute atomic E-state index is 11.3. The van der Waals surface area contributed by atoms with Crippen molar-refractivity contribution in [2.75, 3.05) is 26.3 Å². The van der Waals surface area contributed by atoms with Gasteiger partial charge in [0.15, 0.2) is 0 Å². The Morgan fingerprint density at radius 1 is 1.62 bits per heavy atom. The Kier molecular flexibility index (Phi) is 5.18. The van der Waals surface area contributed by atoms with Gasteiger partial charge in [-0.05, 0) is 6.92 Å². The summed E-state index contributed by atoms with van der Waals surface area (Å²) in [4.78, 5) is 13.6. The van der Waals surface area contributed by atoms with Crippen LogP contribution in [0.1, 0.15) is 20.8 Å². The highest BCUT2D eigenvalue weighted by Crippen LogP contribution is 2.07. The number of morpholine rings is 1. The molecule has 1 aliphatic heterocycles. The number of ether oxygens (including phenoxy) is 1. The predicted octanol–water partition coefficient (Wildman–Crippen LogP) is -0.441. The molecule has 1 heterocycles. The molecule has 16 heavy (non-hydrogen) atoms. The standard InChI is InChI=1S/C11H23N3O2/c1-8(2)13-10(11(12)15)6-14-4-5-16-7-9(14)3/h8-10,13H,4-7H2,1-3H3,(H2,12,15). The molecule has 1 amide bonds. The minimum Gasteiger partial charge on any atom is -0.379 e. The van der Waals surface area contributed by atoms with Gasteiger partial charge in [-0.15, -0.1) is 0 Å². The fourth-order valence-electron chi connectivity index (χ4n) is 1.89. The molecule has 0 aromatic rings. The molecule has 1 aliphatic rings. The molecule has 0 aromatic carbocycles. The molecular weight excluding hydrogens is 206 g/mol. The van der Waals surface area contributed by atoms with Crippen LogP contribution in [0.25, 0.3) is 0 Å². The lowest BCUT2D eigenvalue weighted by Gasteiger charge is -2.35. The van der Waals surface area contributed by atoms with Crippen molar-refractivity contribution in [2.24, 2.45) is 5.73 Å². The fraction of sp³-hybridized carbons (Fsp3) is 0.909. The van der Waals surface area contributed by atoms with E-state index in [2.05, 4.69) is 17.1 Å². The average Bonchev–Trinajstić information content (AvgIpc) is 2.19. The second-order valence-corrected chi connectivity index (χ2v) is 4.70. The summed E-state index contributed by atoms with van der Waals surface area (Å²) in [5.74, 6) is -0.285. The van der Waals surface area contributed by atoms with Crippen molar-refractivity contribution in [3.05, 3.63) is 0 Å². The zero-order valence-corrected chi connectivity index (χ0v) is 10.4.